The highest BCUT2D eigenvalue weighted by atomic mass is 79.9. The average Bonchev–Trinajstić information content (AvgIpc) is 2.90. The lowest BCUT2D eigenvalue weighted by Gasteiger charge is -2.37. The van der Waals surface area contributed by atoms with Gasteiger partial charge in [0.25, 0.3) is 0 Å². The molecule has 2 aromatic rings. The Hall–Kier alpha value is -3.26. The van der Waals surface area contributed by atoms with Crippen LogP contribution in [0.3, 0.4) is 0 Å². The summed E-state index contributed by atoms with van der Waals surface area (Å²) in [4.78, 5) is 27.2. The summed E-state index contributed by atoms with van der Waals surface area (Å²) in [5.74, 6) is 0.758. The largest absolute Gasteiger partial charge is 0.496 e. The third kappa shape index (κ3) is 5.25. The van der Waals surface area contributed by atoms with Crippen LogP contribution < -0.4 is 19.5 Å². The summed E-state index contributed by atoms with van der Waals surface area (Å²) in [5.41, 5.74) is 4.24. The Balaban J connectivity index is 1.81. The molecule has 1 aliphatic heterocycles. The number of rotatable bonds is 8. The molecule has 2 atom stereocenters. The normalized spacial score (nSPS) is 19.2. The van der Waals surface area contributed by atoms with Gasteiger partial charge in [-0.05, 0) is 61.6 Å². The number of allylic oxidation sites excluding steroid dienone is 3. The SMILES string of the molecule is CCCOC(=O)C1=C(C)NC2=C(C(=O)CC(c3ccc(OC)c(OC)c3)C2)C1c1cc(Br)ccc1OC. The minimum absolute atomic E-state index is 0.0196. The Morgan fingerprint density at radius 2 is 1.70 bits per heavy atom. The fourth-order valence-corrected chi connectivity index (χ4v) is 5.55. The van der Waals surface area contributed by atoms with Crippen molar-refractivity contribution in [3.8, 4) is 17.2 Å². The van der Waals surface area contributed by atoms with Crippen molar-refractivity contribution in [2.45, 2.75) is 44.9 Å². The van der Waals surface area contributed by atoms with Gasteiger partial charge in [-0.15, -0.1) is 0 Å². The summed E-state index contributed by atoms with van der Waals surface area (Å²) < 4.78 is 22.9. The molecule has 0 aromatic heterocycles. The lowest BCUT2D eigenvalue weighted by Crippen LogP contribution is -2.36. The zero-order valence-electron chi connectivity index (χ0n) is 21.8. The molecule has 2 aromatic carbocycles. The number of dihydropyridines is 1. The van der Waals surface area contributed by atoms with Gasteiger partial charge in [0, 0.05) is 33.4 Å². The Morgan fingerprint density at radius 3 is 2.38 bits per heavy atom. The van der Waals surface area contributed by atoms with Crippen molar-refractivity contribution in [2.75, 3.05) is 27.9 Å². The van der Waals surface area contributed by atoms with E-state index in [1.54, 1.807) is 21.3 Å². The molecular weight excluding hydrogens is 538 g/mol. The quantitative estimate of drug-likeness (QED) is 0.403. The molecule has 0 spiro atoms. The minimum atomic E-state index is -0.605. The molecule has 1 N–H and O–H groups in total. The Labute approximate surface area is 225 Å². The van der Waals surface area contributed by atoms with Gasteiger partial charge < -0.3 is 24.3 Å². The average molecular weight is 570 g/mol. The van der Waals surface area contributed by atoms with Gasteiger partial charge in [-0.3, -0.25) is 4.79 Å². The van der Waals surface area contributed by atoms with Gasteiger partial charge in [-0.2, -0.15) is 0 Å². The van der Waals surface area contributed by atoms with Crippen LogP contribution in [0.4, 0.5) is 0 Å². The van der Waals surface area contributed by atoms with Gasteiger partial charge in [0.1, 0.15) is 5.75 Å². The highest BCUT2D eigenvalue weighted by molar-refractivity contribution is 9.10. The van der Waals surface area contributed by atoms with E-state index >= 15 is 0 Å². The summed E-state index contributed by atoms with van der Waals surface area (Å²) >= 11 is 3.55. The first kappa shape index (κ1) is 26.8. The molecule has 2 unspecified atom stereocenters. The molecule has 0 saturated heterocycles. The Morgan fingerprint density at radius 1 is 1.00 bits per heavy atom. The molecular formula is C29H32BrNO6. The van der Waals surface area contributed by atoms with Crippen LogP contribution in [0.25, 0.3) is 0 Å². The van der Waals surface area contributed by atoms with Crippen LogP contribution in [0.2, 0.25) is 0 Å². The third-order valence-electron chi connectivity index (χ3n) is 6.87. The first-order valence-corrected chi connectivity index (χ1v) is 13.1. The fraction of sp³-hybridized carbons (Fsp3) is 0.379. The van der Waals surface area contributed by atoms with E-state index < -0.39 is 11.9 Å². The van der Waals surface area contributed by atoms with E-state index in [4.69, 9.17) is 18.9 Å². The Kier molecular flexibility index (Phi) is 8.27. The van der Waals surface area contributed by atoms with E-state index in [1.807, 2.05) is 50.2 Å². The highest BCUT2D eigenvalue weighted by Crippen LogP contribution is 2.48. The van der Waals surface area contributed by atoms with Crippen LogP contribution >= 0.6 is 15.9 Å². The zero-order chi connectivity index (χ0) is 26.7. The summed E-state index contributed by atoms with van der Waals surface area (Å²) in [5, 5.41) is 3.39. The molecule has 1 aliphatic carbocycles. The van der Waals surface area contributed by atoms with Crippen molar-refractivity contribution >= 4 is 27.7 Å². The minimum Gasteiger partial charge on any atom is -0.496 e. The smallest absolute Gasteiger partial charge is 0.336 e. The van der Waals surface area contributed by atoms with Crippen molar-refractivity contribution in [1.82, 2.24) is 5.32 Å². The van der Waals surface area contributed by atoms with Crippen molar-refractivity contribution in [3.05, 3.63) is 74.5 Å². The number of methoxy groups -OCH3 is 3. The predicted octanol–water partition coefficient (Wildman–Crippen LogP) is 5.79. The number of Topliss-reactive ketones (excluding diaryl/α,β-unsaturated/α-hetero) is 1. The summed E-state index contributed by atoms with van der Waals surface area (Å²) in [6.45, 7) is 4.11. The number of esters is 1. The first-order valence-electron chi connectivity index (χ1n) is 12.3. The van der Waals surface area contributed by atoms with E-state index in [-0.39, 0.29) is 11.7 Å². The number of halogens is 1. The number of benzene rings is 2. The van der Waals surface area contributed by atoms with E-state index in [2.05, 4.69) is 21.2 Å². The maximum absolute atomic E-state index is 13.9. The molecule has 8 heteroatoms. The topological polar surface area (TPSA) is 83.1 Å². The van der Waals surface area contributed by atoms with Crippen LogP contribution in [0, 0.1) is 0 Å². The molecule has 0 fully saturated rings. The lowest BCUT2D eigenvalue weighted by atomic mass is 9.71. The van der Waals surface area contributed by atoms with Gasteiger partial charge >= 0.3 is 5.97 Å². The molecule has 196 valence electrons. The number of ether oxygens (including phenoxy) is 4. The van der Waals surface area contributed by atoms with Crippen molar-refractivity contribution < 1.29 is 28.5 Å². The van der Waals surface area contributed by atoms with Gasteiger partial charge in [0.15, 0.2) is 17.3 Å². The second kappa shape index (κ2) is 11.4. The second-order valence-corrected chi connectivity index (χ2v) is 10.1. The first-order chi connectivity index (χ1) is 17.8. The van der Waals surface area contributed by atoms with E-state index in [0.29, 0.717) is 60.0 Å². The van der Waals surface area contributed by atoms with Crippen molar-refractivity contribution in [1.29, 1.82) is 0 Å². The van der Waals surface area contributed by atoms with E-state index in [0.717, 1.165) is 21.3 Å². The van der Waals surface area contributed by atoms with Crippen LogP contribution in [-0.2, 0) is 14.3 Å². The fourth-order valence-electron chi connectivity index (χ4n) is 5.17. The molecule has 0 radical (unpaired) electrons. The summed E-state index contributed by atoms with van der Waals surface area (Å²) in [7, 11) is 4.78. The van der Waals surface area contributed by atoms with Gasteiger partial charge in [0.05, 0.1) is 39.4 Å². The van der Waals surface area contributed by atoms with Crippen LogP contribution in [-0.4, -0.2) is 39.7 Å². The van der Waals surface area contributed by atoms with Crippen molar-refractivity contribution in [2.24, 2.45) is 0 Å². The predicted molar refractivity (Wildman–Crippen MR) is 144 cm³/mol. The monoisotopic (exact) mass is 569 g/mol. The lowest BCUT2D eigenvalue weighted by molar-refractivity contribution is -0.139. The van der Waals surface area contributed by atoms with Crippen molar-refractivity contribution in [3.63, 3.8) is 0 Å². The Bertz CT molecular complexity index is 1280. The molecule has 37 heavy (non-hydrogen) atoms. The molecule has 4 rings (SSSR count). The number of hydrogen-bond donors (Lipinski definition) is 1. The standard InChI is InChI=1S/C29H32BrNO6/c1-6-11-37-29(33)26-16(2)31-21-12-18(17-7-9-24(35-4)25(14-17)36-5)13-22(32)28(21)27(26)20-15-19(30)8-10-23(20)34-3/h7-10,14-15,18,27,31H,6,11-13H2,1-5H3. The number of carbonyl (C=O) groups is 2. The number of hydrogen-bond acceptors (Lipinski definition) is 7. The number of nitrogens with one attached hydrogen (secondary N) is 1. The molecule has 0 amide bonds. The van der Waals surface area contributed by atoms with Gasteiger partial charge in [-0.1, -0.05) is 28.9 Å². The van der Waals surface area contributed by atoms with Gasteiger partial charge in [0.2, 0.25) is 0 Å². The summed E-state index contributed by atoms with van der Waals surface area (Å²) in [6, 6.07) is 11.4. The van der Waals surface area contributed by atoms with E-state index in [9.17, 15) is 9.59 Å². The second-order valence-electron chi connectivity index (χ2n) is 9.15. The van der Waals surface area contributed by atoms with E-state index in [1.165, 1.54) is 0 Å². The van der Waals surface area contributed by atoms with Crippen LogP contribution in [0.15, 0.2) is 63.4 Å². The van der Waals surface area contributed by atoms with Crippen LogP contribution in [0.1, 0.15) is 56.1 Å². The maximum Gasteiger partial charge on any atom is 0.336 e. The molecule has 0 saturated carbocycles. The number of ketones is 1. The summed E-state index contributed by atoms with van der Waals surface area (Å²) in [6.07, 6.45) is 1.62. The maximum atomic E-state index is 13.9. The molecule has 1 heterocycles. The van der Waals surface area contributed by atoms with Crippen LogP contribution in [0.5, 0.6) is 17.2 Å². The number of carbonyl (C=O) groups excluding carboxylic acids is 2. The zero-order valence-corrected chi connectivity index (χ0v) is 23.4. The van der Waals surface area contributed by atoms with Gasteiger partial charge in [-0.25, -0.2) is 4.79 Å². The third-order valence-corrected chi connectivity index (χ3v) is 7.36. The molecule has 0 bridgehead atoms. The molecule has 2 aliphatic rings. The highest BCUT2D eigenvalue weighted by Gasteiger charge is 2.42. The molecule has 7 nitrogen and oxygen atoms in total.